The number of fused-ring (bicyclic) bond motifs is 1. The lowest BCUT2D eigenvalue weighted by atomic mass is 10.0. The molecular formula is C22H28N6O. The molecule has 7 nitrogen and oxygen atoms in total. The molecule has 0 aromatic carbocycles. The van der Waals surface area contributed by atoms with E-state index in [-0.39, 0.29) is 11.9 Å². The smallest absolute Gasteiger partial charge is 0.239 e. The molecule has 1 atom stereocenters. The second-order valence-corrected chi connectivity index (χ2v) is 8.21. The minimum absolute atomic E-state index is 0.00914. The van der Waals surface area contributed by atoms with E-state index in [1.165, 1.54) is 0 Å². The molecule has 7 heteroatoms. The maximum absolute atomic E-state index is 13.1. The number of pyridine rings is 2. The number of imidazole rings is 1. The number of carbonyl (C=O) groups excluding carboxylic acids is 1. The van der Waals surface area contributed by atoms with E-state index in [9.17, 15) is 4.79 Å². The standard InChI is InChI=1S/C22H28N6O/c1-16-7-6-11-28-19(16)13-25-21(28)22(2,3)26-20(29)18-15-27(12-10-24-18)14-17-8-4-5-9-23-17/h4-9,11,13,18,24H,10,12,14-15H2,1-3H3,(H,26,29)/t18-/m0/s1. The highest BCUT2D eigenvalue weighted by Gasteiger charge is 2.32. The van der Waals surface area contributed by atoms with Crippen molar-refractivity contribution in [1.82, 2.24) is 29.9 Å². The van der Waals surface area contributed by atoms with Gasteiger partial charge in [-0.25, -0.2) is 4.98 Å². The van der Waals surface area contributed by atoms with Gasteiger partial charge in [0, 0.05) is 38.6 Å². The summed E-state index contributed by atoms with van der Waals surface area (Å²) >= 11 is 0. The van der Waals surface area contributed by atoms with Crippen molar-refractivity contribution < 1.29 is 4.79 Å². The molecular weight excluding hydrogens is 364 g/mol. The predicted molar refractivity (Wildman–Crippen MR) is 112 cm³/mol. The third-order valence-corrected chi connectivity index (χ3v) is 5.46. The topological polar surface area (TPSA) is 74.6 Å². The highest BCUT2D eigenvalue weighted by Crippen LogP contribution is 2.22. The van der Waals surface area contributed by atoms with Gasteiger partial charge >= 0.3 is 0 Å². The Balaban J connectivity index is 1.45. The van der Waals surface area contributed by atoms with Crippen LogP contribution in [0.4, 0.5) is 0 Å². The Kier molecular flexibility index (Phi) is 5.34. The number of piperazine rings is 1. The molecule has 4 rings (SSSR count). The van der Waals surface area contributed by atoms with Crippen LogP contribution < -0.4 is 10.6 Å². The molecule has 1 aliphatic rings. The summed E-state index contributed by atoms with van der Waals surface area (Å²) in [5, 5.41) is 6.54. The monoisotopic (exact) mass is 392 g/mol. The first-order chi connectivity index (χ1) is 13.9. The zero-order valence-electron chi connectivity index (χ0n) is 17.2. The fourth-order valence-electron chi connectivity index (χ4n) is 3.93. The fourth-order valence-corrected chi connectivity index (χ4v) is 3.93. The maximum Gasteiger partial charge on any atom is 0.239 e. The van der Waals surface area contributed by atoms with Gasteiger partial charge in [-0.3, -0.25) is 14.7 Å². The van der Waals surface area contributed by atoms with Crippen LogP contribution in [0, 0.1) is 6.92 Å². The highest BCUT2D eigenvalue weighted by atomic mass is 16.2. The van der Waals surface area contributed by atoms with Crippen molar-refractivity contribution in [3.63, 3.8) is 0 Å². The summed E-state index contributed by atoms with van der Waals surface area (Å²) in [6.07, 6.45) is 5.67. The fraction of sp³-hybridized carbons (Fsp3) is 0.409. The summed E-state index contributed by atoms with van der Waals surface area (Å²) < 4.78 is 2.05. The first kappa shape index (κ1) is 19.5. The minimum atomic E-state index is -0.595. The lowest BCUT2D eigenvalue weighted by molar-refractivity contribution is -0.126. The summed E-state index contributed by atoms with van der Waals surface area (Å²) in [6, 6.07) is 9.73. The third-order valence-electron chi connectivity index (χ3n) is 5.46. The van der Waals surface area contributed by atoms with E-state index in [1.807, 2.05) is 50.5 Å². The number of rotatable bonds is 5. The third kappa shape index (κ3) is 4.16. The quantitative estimate of drug-likeness (QED) is 0.693. The molecule has 0 unspecified atom stereocenters. The minimum Gasteiger partial charge on any atom is -0.343 e. The number of hydrogen-bond acceptors (Lipinski definition) is 5. The molecule has 3 aromatic heterocycles. The average molecular weight is 393 g/mol. The van der Waals surface area contributed by atoms with E-state index in [0.717, 1.165) is 42.2 Å². The Morgan fingerprint density at radius 2 is 2.14 bits per heavy atom. The van der Waals surface area contributed by atoms with Crippen molar-refractivity contribution in [3.05, 3.63) is 66.0 Å². The maximum atomic E-state index is 13.1. The molecule has 1 aliphatic heterocycles. The van der Waals surface area contributed by atoms with Crippen LogP contribution in [0.15, 0.2) is 48.9 Å². The van der Waals surface area contributed by atoms with E-state index in [4.69, 9.17) is 0 Å². The van der Waals surface area contributed by atoms with Crippen molar-refractivity contribution in [2.45, 2.75) is 38.9 Å². The van der Waals surface area contributed by atoms with Gasteiger partial charge in [0.15, 0.2) is 0 Å². The Morgan fingerprint density at radius 1 is 1.28 bits per heavy atom. The van der Waals surface area contributed by atoms with Gasteiger partial charge in [0.1, 0.15) is 5.82 Å². The SMILES string of the molecule is Cc1cccn2c(C(C)(C)NC(=O)[C@@H]3CN(Cc4ccccn4)CCN3)ncc12. The first-order valence-electron chi connectivity index (χ1n) is 10.0. The molecule has 29 heavy (non-hydrogen) atoms. The Bertz CT molecular complexity index is 997. The zero-order valence-corrected chi connectivity index (χ0v) is 17.2. The van der Waals surface area contributed by atoms with Crippen LogP contribution in [0.5, 0.6) is 0 Å². The van der Waals surface area contributed by atoms with E-state index in [0.29, 0.717) is 6.54 Å². The second kappa shape index (κ2) is 7.93. The van der Waals surface area contributed by atoms with Gasteiger partial charge in [-0.2, -0.15) is 0 Å². The van der Waals surface area contributed by atoms with Crippen LogP contribution in [-0.4, -0.2) is 50.9 Å². The van der Waals surface area contributed by atoms with E-state index < -0.39 is 5.54 Å². The van der Waals surface area contributed by atoms with Crippen LogP contribution in [0.2, 0.25) is 0 Å². The van der Waals surface area contributed by atoms with Gasteiger partial charge in [0.2, 0.25) is 5.91 Å². The van der Waals surface area contributed by atoms with Gasteiger partial charge in [-0.05, 0) is 44.5 Å². The van der Waals surface area contributed by atoms with E-state index >= 15 is 0 Å². The van der Waals surface area contributed by atoms with Crippen molar-refractivity contribution in [2.24, 2.45) is 0 Å². The van der Waals surface area contributed by atoms with Gasteiger partial charge in [0.25, 0.3) is 0 Å². The van der Waals surface area contributed by atoms with Crippen LogP contribution in [0.25, 0.3) is 5.52 Å². The molecule has 2 N–H and O–H groups in total. The average Bonchev–Trinajstić information content (AvgIpc) is 3.15. The van der Waals surface area contributed by atoms with Crippen LogP contribution in [-0.2, 0) is 16.9 Å². The van der Waals surface area contributed by atoms with Gasteiger partial charge in [-0.15, -0.1) is 0 Å². The van der Waals surface area contributed by atoms with Crippen LogP contribution >= 0.6 is 0 Å². The van der Waals surface area contributed by atoms with Crippen molar-refractivity contribution in [3.8, 4) is 0 Å². The number of amides is 1. The first-order valence-corrected chi connectivity index (χ1v) is 10.0. The molecule has 0 spiro atoms. The Morgan fingerprint density at radius 3 is 2.93 bits per heavy atom. The van der Waals surface area contributed by atoms with Crippen molar-refractivity contribution in [2.75, 3.05) is 19.6 Å². The Labute approximate surface area is 171 Å². The Hall–Kier alpha value is -2.77. The van der Waals surface area contributed by atoms with Crippen molar-refractivity contribution >= 4 is 11.4 Å². The number of aromatic nitrogens is 3. The number of hydrogen-bond donors (Lipinski definition) is 2. The lowest BCUT2D eigenvalue weighted by Gasteiger charge is -2.35. The molecule has 0 saturated carbocycles. The summed E-state index contributed by atoms with van der Waals surface area (Å²) in [7, 11) is 0. The molecule has 3 aromatic rings. The van der Waals surface area contributed by atoms with Crippen LogP contribution in [0.3, 0.4) is 0 Å². The van der Waals surface area contributed by atoms with E-state index in [2.05, 4.69) is 42.9 Å². The molecule has 1 fully saturated rings. The molecule has 1 amide bonds. The normalized spacial score (nSPS) is 18.1. The number of nitrogens with zero attached hydrogens (tertiary/aromatic N) is 4. The van der Waals surface area contributed by atoms with Gasteiger partial charge in [-0.1, -0.05) is 12.1 Å². The molecule has 1 saturated heterocycles. The number of aryl methyl sites for hydroxylation is 1. The summed E-state index contributed by atoms with van der Waals surface area (Å²) in [6.45, 7) is 9.13. The molecule has 0 aliphatic carbocycles. The molecule has 0 radical (unpaired) electrons. The molecule has 0 bridgehead atoms. The highest BCUT2D eigenvalue weighted by molar-refractivity contribution is 5.83. The van der Waals surface area contributed by atoms with E-state index in [1.54, 1.807) is 6.20 Å². The zero-order chi connectivity index (χ0) is 20.4. The summed E-state index contributed by atoms with van der Waals surface area (Å²) in [4.78, 5) is 24.3. The van der Waals surface area contributed by atoms with Gasteiger partial charge < -0.3 is 15.0 Å². The summed E-state index contributed by atoms with van der Waals surface area (Å²) in [5.41, 5.74) is 2.64. The lowest BCUT2D eigenvalue weighted by Crippen LogP contribution is -2.59. The van der Waals surface area contributed by atoms with Crippen LogP contribution in [0.1, 0.15) is 30.9 Å². The predicted octanol–water partition coefficient (Wildman–Crippen LogP) is 1.86. The molecule has 152 valence electrons. The number of carbonyl (C=O) groups is 1. The van der Waals surface area contributed by atoms with Crippen molar-refractivity contribution in [1.29, 1.82) is 0 Å². The molecule has 4 heterocycles. The number of nitrogens with one attached hydrogen (secondary N) is 2. The largest absolute Gasteiger partial charge is 0.343 e. The summed E-state index contributed by atoms with van der Waals surface area (Å²) in [5.74, 6) is 0.816. The van der Waals surface area contributed by atoms with Gasteiger partial charge in [0.05, 0.1) is 29.0 Å². The second-order valence-electron chi connectivity index (χ2n) is 8.21.